The molecule has 2 saturated heterocycles. The van der Waals surface area contributed by atoms with Crippen LogP contribution in [0.2, 0.25) is 0 Å². The molecule has 5 heteroatoms. The van der Waals surface area contributed by atoms with Crippen LogP contribution in [0.4, 0.5) is 0 Å². The number of aromatic nitrogens is 2. The molecule has 0 spiro atoms. The van der Waals surface area contributed by atoms with Crippen molar-refractivity contribution in [1.82, 2.24) is 19.8 Å². The monoisotopic (exact) mass is 296 g/mol. The Morgan fingerprint density at radius 3 is 3.05 bits per heavy atom. The molecule has 2 aliphatic rings. The van der Waals surface area contributed by atoms with E-state index in [-0.39, 0.29) is 5.91 Å². The summed E-state index contributed by atoms with van der Waals surface area (Å²) in [6.07, 6.45) is 4.72. The number of benzene rings is 1. The quantitative estimate of drug-likeness (QED) is 0.920. The largest absolute Gasteiger partial charge is 0.345 e. The van der Waals surface area contributed by atoms with E-state index < -0.39 is 0 Å². The SMILES string of the molecule is CN1CCC2CN(C(=O)c3cccc(-c4ncc[nH]4)c3)CC21. The Hall–Kier alpha value is -2.14. The molecule has 0 aliphatic carbocycles. The summed E-state index contributed by atoms with van der Waals surface area (Å²) in [6.45, 7) is 2.90. The normalized spacial score (nSPS) is 24.7. The number of aromatic amines is 1. The smallest absolute Gasteiger partial charge is 0.253 e. The van der Waals surface area contributed by atoms with Crippen molar-refractivity contribution in [1.29, 1.82) is 0 Å². The number of nitrogens with zero attached hydrogens (tertiary/aromatic N) is 3. The number of likely N-dealkylation sites (tertiary alicyclic amines) is 2. The molecule has 2 unspecified atom stereocenters. The van der Waals surface area contributed by atoms with Gasteiger partial charge in [0, 0.05) is 42.7 Å². The Balaban J connectivity index is 1.55. The van der Waals surface area contributed by atoms with Crippen LogP contribution in [0.25, 0.3) is 11.4 Å². The number of hydrogen-bond donors (Lipinski definition) is 1. The molecular weight excluding hydrogens is 276 g/mol. The van der Waals surface area contributed by atoms with Crippen LogP contribution < -0.4 is 0 Å². The summed E-state index contributed by atoms with van der Waals surface area (Å²) in [5, 5.41) is 0. The molecule has 4 rings (SSSR count). The van der Waals surface area contributed by atoms with Crippen molar-refractivity contribution in [3.63, 3.8) is 0 Å². The summed E-state index contributed by atoms with van der Waals surface area (Å²) < 4.78 is 0. The van der Waals surface area contributed by atoms with Gasteiger partial charge in [0.15, 0.2) is 0 Å². The second-order valence-electron chi connectivity index (χ2n) is 6.33. The number of carbonyl (C=O) groups is 1. The van der Waals surface area contributed by atoms with Crippen molar-refractivity contribution in [3.05, 3.63) is 42.2 Å². The molecule has 1 aromatic carbocycles. The number of rotatable bonds is 2. The van der Waals surface area contributed by atoms with Gasteiger partial charge in [-0.2, -0.15) is 0 Å². The van der Waals surface area contributed by atoms with Crippen LogP contribution in [-0.4, -0.2) is 58.4 Å². The zero-order valence-electron chi connectivity index (χ0n) is 12.7. The highest BCUT2D eigenvalue weighted by atomic mass is 16.2. The van der Waals surface area contributed by atoms with E-state index in [0.717, 1.165) is 36.6 Å². The summed E-state index contributed by atoms with van der Waals surface area (Å²) >= 11 is 0. The van der Waals surface area contributed by atoms with Gasteiger partial charge in [0.25, 0.3) is 5.91 Å². The Labute approximate surface area is 130 Å². The third-order valence-corrected chi connectivity index (χ3v) is 4.99. The molecule has 2 aromatic rings. The second-order valence-corrected chi connectivity index (χ2v) is 6.33. The number of H-pyrrole nitrogens is 1. The molecule has 5 nitrogen and oxygen atoms in total. The predicted molar refractivity (Wildman–Crippen MR) is 84.5 cm³/mol. The van der Waals surface area contributed by atoms with E-state index in [1.165, 1.54) is 6.42 Å². The van der Waals surface area contributed by atoms with Crippen LogP contribution in [0.5, 0.6) is 0 Å². The summed E-state index contributed by atoms with van der Waals surface area (Å²) in [5.74, 6) is 1.58. The van der Waals surface area contributed by atoms with Gasteiger partial charge in [-0.1, -0.05) is 12.1 Å². The van der Waals surface area contributed by atoms with Crippen molar-refractivity contribution >= 4 is 5.91 Å². The van der Waals surface area contributed by atoms with E-state index >= 15 is 0 Å². The first-order valence-corrected chi connectivity index (χ1v) is 7.82. The van der Waals surface area contributed by atoms with Gasteiger partial charge < -0.3 is 14.8 Å². The standard InChI is InChI=1S/C17H20N4O/c1-20-8-5-14-10-21(11-15(14)20)17(22)13-4-2-3-12(9-13)16-18-6-7-19-16/h2-4,6-7,9,14-15H,5,8,10-11H2,1H3,(H,18,19). The summed E-state index contributed by atoms with van der Waals surface area (Å²) in [7, 11) is 2.16. The van der Waals surface area contributed by atoms with Crippen molar-refractivity contribution in [2.24, 2.45) is 5.92 Å². The van der Waals surface area contributed by atoms with Gasteiger partial charge in [0.1, 0.15) is 5.82 Å². The predicted octanol–water partition coefficient (Wildman–Crippen LogP) is 1.85. The molecule has 2 atom stereocenters. The fraction of sp³-hybridized carbons (Fsp3) is 0.412. The number of nitrogens with one attached hydrogen (secondary N) is 1. The summed E-state index contributed by atoms with van der Waals surface area (Å²) in [5.41, 5.74) is 1.70. The zero-order valence-corrected chi connectivity index (χ0v) is 12.7. The van der Waals surface area contributed by atoms with Crippen molar-refractivity contribution in [2.75, 3.05) is 26.7 Å². The van der Waals surface area contributed by atoms with E-state index in [2.05, 4.69) is 21.9 Å². The fourth-order valence-electron chi connectivity index (χ4n) is 3.74. The number of amides is 1. The maximum absolute atomic E-state index is 12.8. The molecule has 1 N–H and O–H groups in total. The van der Waals surface area contributed by atoms with Crippen LogP contribution >= 0.6 is 0 Å². The molecule has 1 amide bonds. The lowest BCUT2D eigenvalue weighted by molar-refractivity contribution is 0.0774. The molecule has 3 heterocycles. The average Bonchev–Trinajstić information content (AvgIpc) is 3.25. The van der Waals surface area contributed by atoms with Crippen LogP contribution in [0.1, 0.15) is 16.8 Å². The lowest BCUT2D eigenvalue weighted by Gasteiger charge is -2.21. The number of fused-ring (bicyclic) bond motifs is 1. The van der Waals surface area contributed by atoms with Crippen LogP contribution in [-0.2, 0) is 0 Å². The third-order valence-electron chi connectivity index (χ3n) is 4.99. The van der Waals surface area contributed by atoms with Crippen molar-refractivity contribution in [2.45, 2.75) is 12.5 Å². The maximum Gasteiger partial charge on any atom is 0.253 e. The van der Waals surface area contributed by atoms with Crippen molar-refractivity contribution in [3.8, 4) is 11.4 Å². The Morgan fingerprint density at radius 1 is 1.36 bits per heavy atom. The van der Waals surface area contributed by atoms with Gasteiger partial charge in [-0.15, -0.1) is 0 Å². The van der Waals surface area contributed by atoms with Crippen molar-refractivity contribution < 1.29 is 4.79 Å². The first-order chi connectivity index (χ1) is 10.7. The van der Waals surface area contributed by atoms with Gasteiger partial charge >= 0.3 is 0 Å². The topological polar surface area (TPSA) is 52.2 Å². The molecule has 2 fully saturated rings. The minimum absolute atomic E-state index is 0.135. The molecule has 0 saturated carbocycles. The average molecular weight is 296 g/mol. The van der Waals surface area contributed by atoms with E-state index in [1.54, 1.807) is 12.4 Å². The minimum atomic E-state index is 0.135. The van der Waals surface area contributed by atoms with Gasteiger partial charge in [0.05, 0.1) is 0 Å². The molecule has 0 bridgehead atoms. The number of carbonyl (C=O) groups excluding carboxylic acids is 1. The lowest BCUT2D eigenvalue weighted by atomic mass is 10.1. The highest BCUT2D eigenvalue weighted by molar-refractivity contribution is 5.95. The van der Waals surface area contributed by atoms with Crippen LogP contribution in [0, 0.1) is 5.92 Å². The van der Waals surface area contributed by atoms with Crippen LogP contribution in [0.15, 0.2) is 36.7 Å². The molecule has 1 aromatic heterocycles. The molecule has 114 valence electrons. The van der Waals surface area contributed by atoms with Gasteiger partial charge in [-0.25, -0.2) is 4.98 Å². The molecular formula is C17H20N4O. The number of hydrogen-bond acceptors (Lipinski definition) is 3. The third kappa shape index (κ3) is 2.22. The van der Waals surface area contributed by atoms with E-state index in [4.69, 9.17) is 0 Å². The van der Waals surface area contributed by atoms with Gasteiger partial charge in [-0.3, -0.25) is 4.79 Å². The minimum Gasteiger partial charge on any atom is -0.345 e. The van der Waals surface area contributed by atoms with E-state index in [0.29, 0.717) is 12.0 Å². The first kappa shape index (κ1) is 13.5. The van der Waals surface area contributed by atoms with Gasteiger partial charge in [-0.05, 0) is 38.1 Å². The Morgan fingerprint density at radius 2 is 2.27 bits per heavy atom. The zero-order chi connectivity index (χ0) is 15.1. The number of imidazole rings is 1. The van der Waals surface area contributed by atoms with E-state index in [9.17, 15) is 4.79 Å². The van der Waals surface area contributed by atoms with E-state index in [1.807, 2.05) is 29.2 Å². The summed E-state index contributed by atoms with van der Waals surface area (Å²) in [4.78, 5) is 24.5. The molecule has 2 aliphatic heterocycles. The number of likely N-dealkylation sites (N-methyl/N-ethyl adjacent to an activating group) is 1. The van der Waals surface area contributed by atoms with Gasteiger partial charge in [0.2, 0.25) is 0 Å². The summed E-state index contributed by atoms with van der Waals surface area (Å²) in [6, 6.07) is 8.26. The maximum atomic E-state index is 12.8. The highest BCUT2D eigenvalue weighted by Crippen LogP contribution is 2.31. The lowest BCUT2D eigenvalue weighted by Crippen LogP contribution is -2.35. The highest BCUT2D eigenvalue weighted by Gasteiger charge is 2.41. The second kappa shape index (κ2) is 5.25. The molecule has 0 radical (unpaired) electrons. The first-order valence-electron chi connectivity index (χ1n) is 7.82. The Bertz CT molecular complexity index is 682. The fourth-order valence-corrected chi connectivity index (χ4v) is 3.74. The van der Waals surface area contributed by atoms with Crippen LogP contribution in [0.3, 0.4) is 0 Å². The Kier molecular flexibility index (Phi) is 3.22. The molecule has 22 heavy (non-hydrogen) atoms.